The Kier molecular flexibility index (Phi) is 8.96. The first-order chi connectivity index (χ1) is 13.6. The lowest BCUT2D eigenvalue weighted by Crippen LogP contribution is -2.44. The Morgan fingerprint density at radius 3 is 2.59 bits per heavy atom. The number of likely N-dealkylation sites (tertiary alicyclic amines) is 1. The summed E-state index contributed by atoms with van der Waals surface area (Å²) >= 11 is 0. The second kappa shape index (κ2) is 11.2. The van der Waals surface area contributed by atoms with Crippen LogP contribution in [0.5, 0.6) is 11.5 Å². The first-order valence-corrected chi connectivity index (χ1v) is 9.30. The Bertz CT molecular complexity index is 791. The number of hydrogen-bond acceptors (Lipinski definition) is 7. The fourth-order valence-corrected chi connectivity index (χ4v) is 3.27. The van der Waals surface area contributed by atoms with Crippen LogP contribution in [-0.2, 0) is 13.1 Å². The molecule has 160 valence electrons. The number of aromatic nitrogens is 2. The van der Waals surface area contributed by atoms with Crippen molar-refractivity contribution >= 4 is 29.9 Å². The van der Waals surface area contributed by atoms with Gasteiger partial charge in [0.1, 0.15) is 11.5 Å². The zero-order valence-electron chi connectivity index (χ0n) is 17.3. The van der Waals surface area contributed by atoms with E-state index in [0.717, 1.165) is 43.5 Å². The molecule has 1 saturated heterocycles. The van der Waals surface area contributed by atoms with Gasteiger partial charge in [-0.3, -0.25) is 9.89 Å². The van der Waals surface area contributed by atoms with Gasteiger partial charge in [0.05, 0.1) is 20.8 Å². The first-order valence-electron chi connectivity index (χ1n) is 9.30. The molecule has 1 aliphatic heterocycles. The second-order valence-electron chi connectivity index (χ2n) is 6.74. The zero-order chi connectivity index (χ0) is 19.9. The number of halogens is 1. The number of hydrogen-bond donors (Lipinski definition) is 2. The van der Waals surface area contributed by atoms with Crippen LogP contribution in [0, 0.1) is 6.92 Å². The van der Waals surface area contributed by atoms with Gasteiger partial charge in [-0.15, -0.1) is 24.0 Å². The Balaban J connectivity index is 0.00000300. The lowest BCUT2D eigenvalue weighted by Gasteiger charge is -2.19. The predicted octanol–water partition coefficient (Wildman–Crippen LogP) is 1.95. The van der Waals surface area contributed by atoms with Crippen molar-refractivity contribution in [3.63, 3.8) is 0 Å². The van der Waals surface area contributed by atoms with Crippen molar-refractivity contribution < 1.29 is 14.0 Å². The van der Waals surface area contributed by atoms with Gasteiger partial charge < -0.3 is 24.6 Å². The highest BCUT2D eigenvalue weighted by Gasteiger charge is 2.23. The Morgan fingerprint density at radius 1 is 1.28 bits per heavy atom. The number of nitrogens with one attached hydrogen (secondary N) is 2. The van der Waals surface area contributed by atoms with Gasteiger partial charge in [-0.25, -0.2) is 0 Å². The highest BCUT2D eigenvalue weighted by molar-refractivity contribution is 14.0. The van der Waals surface area contributed by atoms with Gasteiger partial charge in [-0.05, 0) is 24.1 Å². The minimum absolute atomic E-state index is 0. The van der Waals surface area contributed by atoms with Crippen LogP contribution in [0.25, 0.3) is 0 Å². The lowest BCUT2D eigenvalue weighted by molar-refractivity contribution is 0.321. The second-order valence-corrected chi connectivity index (χ2v) is 6.74. The van der Waals surface area contributed by atoms with E-state index in [1.807, 2.05) is 6.07 Å². The van der Waals surface area contributed by atoms with Crippen LogP contribution in [0.1, 0.15) is 23.7 Å². The maximum atomic E-state index is 5.36. The molecule has 0 radical (unpaired) electrons. The molecule has 1 fully saturated rings. The van der Waals surface area contributed by atoms with Crippen LogP contribution >= 0.6 is 24.0 Å². The normalized spacial score (nSPS) is 17.0. The smallest absolute Gasteiger partial charge is 0.223 e. The molecule has 1 aromatic carbocycles. The van der Waals surface area contributed by atoms with Crippen LogP contribution in [-0.4, -0.2) is 61.4 Å². The summed E-state index contributed by atoms with van der Waals surface area (Å²) in [7, 11) is 5.10. The predicted molar refractivity (Wildman–Crippen MR) is 121 cm³/mol. The summed E-state index contributed by atoms with van der Waals surface area (Å²) in [6.45, 7) is 5.03. The van der Waals surface area contributed by atoms with Gasteiger partial charge in [-0.1, -0.05) is 5.16 Å². The lowest BCUT2D eigenvalue weighted by atomic mass is 10.2. The number of nitrogens with zero attached hydrogens (tertiary/aromatic N) is 4. The number of guanidine groups is 1. The van der Waals surface area contributed by atoms with Gasteiger partial charge in [0.15, 0.2) is 11.8 Å². The molecule has 2 N–H and O–H groups in total. The van der Waals surface area contributed by atoms with Crippen molar-refractivity contribution in [3.05, 3.63) is 35.5 Å². The third-order valence-corrected chi connectivity index (χ3v) is 4.64. The van der Waals surface area contributed by atoms with Crippen LogP contribution in [0.3, 0.4) is 0 Å². The molecule has 1 unspecified atom stereocenters. The van der Waals surface area contributed by atoms with Gasteiger partial charge in [0.25, 0.3) is 0 Å². The Morgan fingerprint density at radius 2 is 2.00 bits per heavy atom. The molecule has 2 heterocycles. The van der Waals surface area contributed by atoms with Crippen LogP contribution < -0.4 is 20.1 Å². The fourth-order valence-electron chi connectivity index (χ4n) is 3.27. The van der Waals surface area contributed by atoms with E-state index in [9.17, 15) is 0 Å². The van der Waals surface area contributed by atoms with Crippen molar-refractivity contribution in [2.24, 2.45) is 4.99 Å². The molecule has 1 atom stereocenters. The summed E-state index contributed by atoms with van der Waals surface area (Å²) in [4.78, 5) is 10.9. The summed E-state index contributed by atoms with van der Waals surface area (Å²) in [5.74, 6) is 3.52. The quantitative estimate of drug-likeness (QED) is 0.328. The van der Waals surface area contributed by atoms with E-state index in [0.29, 0.717) is 24.3 Å². The fraction of sp³-hybridized carbons (Fsp3) is 0.526. The molecule has 29 heavy (non-hydrogen) atoms. The number of rotatable bonds is 7. The highest BCUT2D eigenvalue weighted by atomic mass is 127. The zero-order valence-corrected chi connectivity index (χ0v) is 19.6. The number of methoxy groups -OCH3 is 2. The monoisotopic (exact) mass is 516 g/mol. The van der Waals surface area contributed by atoms with Crippen molar-refractivity contribution in [3.8, 4) is 11.5 Å². The maximum Gasteiger partial charge on any atom is 0.223 e. The molecular formula is C19H29IN6O3. The number of aliphatic imine (C=N–C) groups is 1. The highest BCUT2D eigenvalue weighted by Crippen LogP contribution is 2.24. The SMILES string of the molecule is CN=C(NCc1noc(C)n1)NC1CCN(Cc2cc(OC)cc(OC)c2)C1.I. The third kappa shape index (κ3) is 6.74. The van der Waals surface area contributed by atoms with Gasteiger partial charge >= 0.3 is 0 Å². The van der Waals surface area contributed by atoms with Crippen LogP contribution in [0.4, 0.5) is 0 Å². The molecule has 9 nitrogen and oxygen atoms in total. The van der Waals surface area contributed by atoms with Gasteiger partial charge in [0.2, 0.25) is 5.89 Å². The molecule has 0 bridgehead atoms. The molecule has 1 aromatic heterocycles. The number of benzene rings is 1. The van der Waals surface area contributed by atoms with Crippen LogP contribution in [0.2, 0.25) is 0 Å². The van der Waals surface area contributed by atoms with E-state index < -0.39 is 0 Å². The van der Waals surface area contributed by atoms with E-state index in [1.54, 1.807) is 28.2 Å². The van der Waals surface area contributed by atoms with E-state index >= 15 is 0 Å². The maximum absolute atomic E-state index is 5.36. The largest absolute Gasteiger partial charge is 0.497 e. The topological polar surface area (TPSA) is 97.0 Å². The molecular weight excluding hydrogens is 487 g/mol. The minimum Gasteiger partial charge on any atom is -0.497 e. The average molecular weight is 516 g/mol. The summed E-state index contributed by atoms with van der Waals surface area (Å²) < 4.78 is 15.7. The molecule has 0 spiro atoms. The molecule has 1 aliphatic rings. The van der Waals surface area contributed by atoms with E-state index in [2.05, 4.69) is 42.8 Å². The van der Waals surface area contributed by atoms with Crippen molar-refractivity contribution in [2.45, 2.75) is 32.5 Å². The molecule has 0 amide bonds. The number of aryl methyl sites for hydroxylation is 1. The van der Waals surface area contributed by atoms with Gasteiger partial charge in [0, 0.05) is 45.7 Å². The molecule has 2 aromatic rings. The van der Waals surface area contributed by atoms with Crippen molar-refractivity contribution in [1.29, 1.82) is 0 Å². The van der Waals surface area contributed by atoms with E-state index in [1.165, 1.54) is 5.56 Å². The molecule has 3 rings (SSSR count). The summed E-state index contributed by atoms with van der Waals surface area (Å²) in [5, 5.41) is 10.6. The average Bonchev–Trinajstić information content (AvgIpc) is 3.33. The Hall–Kier alpha value is -2.08. The van der Waals surface area contributed by atoms with Crippen LogP contribution in [0.15, 0.2) is 27.7 Å². The van der Waals surface area contributed by atoms with Crippen molar-refractivity contribution in [2.75, 3.05) is 34.4 Å². The first kappa shape index (κ1) is 23.2. The third-order valence-electron chi connectivity index (χ3n) is 4.64. The minimum atomic E-state index is 0. The molecule has 0 saturated carbocycles. The van der Waals surface area contributed by atoms with Crippen molar-refractivity contribution in [1.82, 2.24) is 25.7 Å². The molecule has 10 heteroatoms. The number of ether oxygens (including phenoxy) is 2. The Labute approximate surface area is 188 Å². The summed E-state index contributed by atoms with van der Waals surface area (Å²) in [6.07, 6.45) is 1.04. The summed E-state index contributed by atoms with van der Waals surface area (Å²) in [6, 6.07) is 6.32. The standard InChI is InChI=1S/C19H28N6O3.HI/c1-13-22-18(24-28-13)10-21-19(20-2)23-15-5-6-25(12-15)11-14-7-16(26-3)9-17(8-14)27-4;/h7-9,15H,5-6,10-12H2,1-4H3,(H2,20,21,23);1H. The molecule has 0 aliphatic carbocycles. The van der Waals surface area contributed by atoms with E-state index in [4.69, 9.17) is 14.0 Å². The summed E-state index contributed by atoms with van der Waals surface area (Å²) in [5.41, 5.74) is 1.17. The van der Waals surface area contributed by atoms with Gasteiger partial charge in [-0.2, -0.15) is 4.98 Å². The van der Waals surface area contributed by atoms with E-state index in [-0.39, 0.29) is 24.0 Å².